The van der Waals surface area contributed by atoms with E-state index in [1.54, 1.807) is 23.2 Å². The number of carboxylic acid groups (broad SMARTS) is 1. The molecule has 0 bridgehead atoms. The summed E-state index contributed by atoms with van der Waals surface area (Å²) in [5.41, 5.74) is 0.0647. The lowest BCUT2D eigenvalue weighted by Gasteiger charge is -2.38. The first-order valence-electron chi connectivity index (χ1n) is 7.64. The Hall–Kier alpha value is -1.56. The predicted octanol–water partition coefficient (Wildman–Crippen LogP) is 5.42. The van der Waals surface area contributed by atoms with Gasteiger partial charge in [0, 0.05) is 15.4 Å². The zero-order valence-electron chi connectivity index (χ0n) is 13.3. The normalized spacial score (nSPS) is 30.2. The van der Waals surface area contributed by atoms with Gasteiger partial charge >= 0.3 is 5.97 Å². The van der Waals surface area contributed by atoms with Gasteiger partial charge in [0.05, 0.1) is 16.2 Å². The molecule has 1 aromatic carbocycles. The Morgan fingerprint density at radius 2 is 2.20 bits per heavy atom. The van der Waals surface area contributed by atoms with Crippen LogP contribution in [-0.2, 0) is 4.79 Å². The van der Waals surface area contributed by atoms with Crippen LogP contribution < -0.4 is 5.01 Å². The van der Waals surface area contributed by atoms with Crippen molar-refractivity contribution >= 4 is 56.5 Å². The molecule has 0 amide bonds. The van der Waals surface area contributed by atoms with Gasteiger partial charge in [0.2, 0.25) is 0 Å². The third kappa shape index (κ3) is 3.28. The van der Waals surface area contributed by atoms with Crippen molar-refractivity contribution < 1.29 is 9.90 Å². The van der Waals surface area contributed by atoms with E-state index < -0.39 is 11.5 Å². The topological polar surface area (TPSA) is 52.9 Å². The molecule has 0 aromatic heterocycles. The summed E-state index contributed by atoms with van der Waals surface area (Å²) in [7, 11) is 0. The van der Waals surface area contributed by atoms with E-state index in [0.717, 1.165) is 4.48 Å². The summed E-state index contributed by atoms with van der Waals surface area (Å²) < 4.78 is 0.944. The van der Waals surface area contributed by atoms with E-state index in [-0.39, 0.29) is 11.6 Å². The number of hydrazone groups is 1. The van der Waals surface area contributed by atoms with Crippen molar-refractivity contribution in [2.75, 3.05) is 5.01 Å². The number of hydrogen-bond acceptors (Lipinski definition) is 3. The van der Waals surface area contributed by atoms with Crippen molar-refractivity contribution in [3.05, 3.63) is 63.1 Å². The van der Waals surface area contributed by atoms with Crippen LogP contribution in [0.2, 0.25) is 10.0 Å². The lowest BCUT2D eigenvalue weighted by Crippen LogP contribution is -2.47. The van der Waals surface area contributed by atoms with Gasteiger partial charge in [0.25, 0.3) is 0 Å². The molecular weight excluding hydrogens is 427 g/mol. The van der Waals surface area contributed by atoms with E-state index in [1.807, 2.05) is 37.3 Å². The molecule has 25 heavy (non-hydrogen) atoms. The van der Waals surface area contributed by atoms with Crippen molar-refractivity contribution in [3.63, 3.8) is 0 Å². The van der Waals surface area contributed by atoms with Gasteiger partial charge in [0.15, 0.2) is 5.71 Å². The highest BCUT2D eigenvalue weighted by Crippen LogP contribution is 2.44. The fourth-order valence-electron chi connectivity index (χ4n) is 3.14. The second kappa shape index (κ2) is 6.98. The molecule has 3 rings (SSSR count). The van der Waals surface area contributed by atoms with E-state index in [2.05, 4.69) is 21.0 Å². The smallest absolute Gasteiger partial charge is 0.352 e. The van der Waals surface area contributed by atoms with Crippen molar-refractivity contribution in [3.8, 4) is 0 Å². The molecular formula is C18H15BrCl2N2O2. The first-order valence-corrected chi connectivity index (χ1v) is 9.18. The Balaban J connectivity index is 2.18. The second-order valence-electron chi connectivity index (χ2n) is 5.93. The Bertz CT molecular complexity index is 847. The van der Waals surface area contributed by atoms with Crippen LogP contribution >= 0.6 is 39.1 Å². The van der Waals surface area contributed by atoms with Gasteiger partial charge in [-0.15, -0.1) is 0 Å². The molecule has 1 heterocycles. The van der Waals surface area contributed by atoms with Crippen LogP contribution in [0.15, 0.2) is 58.2 Å². The number of anilines is 1. The molecule has 130 valence electrons. The summed E-state index contributed by atoms with van der Waals surface area (Å²) in [5.74, 6) is -1.36. The van der Waals surface area contributed by atoms with Gasteiger partial charge < -0.3 is 5.11 Å². The zero-order chi connectivity index (χ0) is 18.2. The van der Waals surface area contributed by atoms with Crippen molar-refractivity contribution in [2.24, 2.45) is 11.0 Å². The van der Waals surface area contributed by atoms with Crippen LogP contribution in [0.4, 0.5) is 5.69 Å². The minimum absolute atomic E-state index is 0.104. The van der Waals surface area contributed by atoms with Gasteiger partial charge in [-0.05, 0) is 30.7 Å². The van der Waals surface area contributed by atoms with Crippen LogP contribution in [0, 0.1) is 5.92 Å². The Morgan fingerprint density at radius 3 is 2.88 bits per heavy atom. The lowest BCUT2D eigenvalue weighted by molar-refractivity contribution is -0.129. The number of rotatable bonds is 2. The average molecular weight is 442 g/mol. The number of carbonyl (C=O) groups is 1. The maximum atomic E-state index is 11.7. The molecule has 0 saturated heterocycles. The van der Waals surface area contributed by atoms with E-state index >= 15 is 0 Å². The van der Waals surface area contributed by atoms with Crippen LogP contribution in [0.5, 0.6) is 0 Å². The first kappa shape index (κ1) is 18.2. The predicted molar refractivity (Wildman–Crippen MR) is 106 cm³/mol. The average Bonchev–Trinajstić information content (AvgIpc) is 2.80. The molecule has 1 aromatic rings. The maximum absolute atomic E-state index is 11.7. The molecule has 1 N–H and O–H groups in total. The standard InChI is InChI=1S/C18H15BrCl2N2O2/c1-11-16(17(24)25)22-23(15-7-6-13(20)10-14(15)21)18(11)8-2-4-12(19)5-3-9-18/h2-8,10-11H,9H2,1H3,(H,24,25)/b5-3-,8-2+,12-4+/t11-,18?/m1/s1. The highest BCUT2D eigenvalue weighted by atomic mass is 79.9. The minimum Gasteiger partial charge on any atom is -0.477 e. The Labute approximate surface area is 164 Å². The molecule has 1 aliphatic heterocycles. The van der Waals surface area contributed by atoms with E-state index in [0.29, 0.717) is 22.2 Å². The molecule has 0 radical (unpaired) electrons. The lowest BCUT2D eigenvalue weighted by atomic mass is 9.79. The highest BCUT2D eigenvalue weighted by Gasteiger charge is 2.49. The van der Waals surface area contributed by atoms with Gasteiger partial charge in [-0.2, -0.15) is 5.10 Å². The van der Waals surface area contributed by atoms with Crippen molar-refractivity contribution in [1.29, 1.82) is 0 Å². The third-order valence-electron chi connectivity index (χ3n) is 4.48. The quantitative estimate of drug-likeness (QED) is 0.666. The summed E-state index contributed by atoms with van der Waals surface area (Å²) in [5, 5.41) is 16.6. The van der Waals surface area contributed by atoms with Crippen molar-refractivity contribution in [1.82, 2.24) is 0 Å². The Morgan fingerprint density at radius 1 is 1.44 bits per heavy atom. The fraction of sp³-hybridized carbons (Fsp3) is 0.222. The van der Waals surface area contributed by atoms with Crippen LogP contribution in [0.1, 0.15) is 13.3 Å². The summed E-state index contributed by atoms with van der Waals surface area (Å²) >= 11 is 15.8. The molecule has 1 unspecified atom stereocenters. The summed E-state index contributed by atoms with van der Waals surface area (Å²) in [4.78, 5) is 11.7. The van der Waals surface area contributed by atoms with Gasteiger partial charge in [-0.1, -0.05) is 70.4 Å². The summed E-state index contributed by atoms with van der Waals surface area (Å²) in [6.07, 6.45) is 10.3. The largest absolute Gasteiger partial charge is 0.477 e. The van der Waals surface area contributed by atoms with E-state index in [1.165, 1.54) is 0 Å². The van der Waals surface area contributed by atoms with Gasteiger partial charge in [-0.3, -0.25) is 5.01 Å². The highest BCUT2D eigenvalue weighted by molar-refractivity contribution is 9.11. The van der Waals surface area contributed by atoms with Gasteiger partial charge in [0.1, 0.15) is 0 Å². The first-order chi connectivity index (χ1) is 11.8. The number of benzene rings is 1. The summed E-state index contributed by atoms with van der Waals surface area (Å²) in [6, 6.07) is 5.11. The fourth-order valence-corrected chi connectivity index (χ4v) is 3.96. The van der Waals surface area contributed by atoms with Crippen LogP contribution in [-0.4, -0.2) is 22.3 Å². The molecule has 7 heteroatoms. The SMILES string of the molecule is C[C@@H]1C(C(=O)O)=NN(c2ccc(Cl)cc2Cl)C12/C=C/C=C(Br)\C=C/C2. The number of allylic oxidation sites excluding steroid dienone is 4. The van der Waals surface area contributed by atoms with E-state index in [4.69, 9.17) is 23.2 Å². The monoisotopic (exact) mass is 440 g/mol. The molecule has 0 saturated carbocycles. The van der Waals surface area contributed by atoms with Crippen molar-refractivity contribution in [2.45, 2.75) is 18.9 Å². The summed E-state index contributed by atoms with van der Waals surface area (Å²) in [6.45, 7) is 1.87. The molecule has 1 aliphatic carbocycles. The number of hydrogen-bond donors (Lipinski definition) is 1. The molecule has 1 spiro atoms. The van der Waals surface area contributed by atoms with Crippen LogP contribution in [0.25, 0.3) is 0 Å². The number of halogens is 3. The number of aliphatic carboxylic acids is 1. The van der Waals surface area contributed by atoms with E-state index in [9.17, 15) is 9.90 Å². The second-order valence-corrected chi connectivity index (χ2v) is 7.69. The molecule has 0 fully saturated rings. The van der Waals surface area contributed by atoms with Gasteiger partial charge in [-0.25, -0.2) is 4.79 Å². The number of nitrogens with zero attached hydrogens (tertiary/aromatic N) is 2. The zero-order valence-corrected chi connectivity index (χ0v) is 16.4. The maximum Gasteiger partial charge on any atom is 0.352 e. The molecule has 2 aliphatic rings. The molecule has 4 nitrogen and oxygen atoms in total. The Kier molecular flexibility index (Phi) is 5.09. The van der Waals surface area contributed by atoms with Crippen LogP contribution in [0.3, 0.4) is 0 Å². The minimum atomic E-state index is -1.03. The third-order valence-corrected chi connectivity index (χ3v) is 5.55. The number of carboxylic acids is 1. The molecule has 2 atom stereocenters.